The van der Waals surface area contributed by atoms with Gasteiger partial charge in [0.05, 0.1) is 0 Å². The highest BCUT2D eigenvalue weighted by Gasteiger charge is 2.06. The van der Waals surface area contributed by atoms with Gasteiger partial charge in [-0.25, -0.2) is 0 Å². The summed E-state index contributed by atoms with van der Waals surface area (Å²) in [5, 5.41) is 10.8. The van der Waals surface area contributed by atoms with E-state index in [-0.39, 0.29) is 23.6 Å². The smallest absolute Gasteiger partial charge is 0.220 e. The van der Waals surface area contributed by atoms with Gasteiger partial charge in [0.25, 0.3) is 0 Å². The van der Waals surface area contributed by atoms with Crippen LogP contribution in [-0.2, 0) is 19.2 Å². The molecule has 4 saturated heterocycles. The molecule has 4 N–H and O–H groups in total. The Morgan fingerprint density at radius 3 is 0.769 bits per heavy atom. The van der Waals surface area contributed by atoms with Crippen LogP contribution < -0.4 is 21.3 Å². The maximum Gasteiger partial charge on any atom is 0.220 e. The minimum atomic E-state index is 0.204. The first kappa shape index (κ1) is 21.9. The van der Waals surface area contributed by atoms with Crippen molar-refractivity contribution >= 4 is 23.6 Å². The third kappa shape index (κ3) is 12.3. The lowest BCUT2D eigenvalue weighted by Gasteiger charge is -2.08. The van der Waals surface area contributed by atoms with Crippen molar-refractivity contribution in [3.8, 4) is 0 Å². The maximum atomic E-state index is 10.4. The normalized spacial score (nSPS) is 21.2. The summed E-state index contributed by atoms with van der Waals surface area (Å²) in [6.45, 7) is 3.55. The van der Waals surface area contributed by atoms with E-state index in [1.54, 1.807) is 0 Å². The van der Waals surface area contributed by atoms with Gasteiger partial charge in [-0.2, -0.15) is 0 Å². The van der Waals surface area contributed by atoms with Crippen LogP contribution in [0, 0.1) is 0 Å². The van der Waals surface area contributed by atoms with Gasteiger partial charge in [0.15, 0.2) is 0 Å². The summed E-state index contributed by atoms with van der Waals surface area (Å²) >= 11 is 0. The van der Waals surface area contributed by atoms with Crippen LogP contribution in [0.4, 0.5) is 0 Å². The molecule has 0 radical (unpaired) electrons. The summed E-state index contributed by atoms with van der Waals surface area (Å²) in [6.07, 6.45) is 9.47. The number of piperidine rings is 2. The number of hydrogen-bond acceptors (Lipinski definition) is 4. The van der Waals surface area contributed by atoms with Crippen molar-refractivity contribution in [1.29, 1.82) is 0 Å². The van der Waals surface area contributed by atoms with Gasteiger partial charge in [0.1, 0.15) is 0 Å². The Hall–Kier alpha value is -2.12. The molecular weight excluding hydrogens is 336 g/mol. The zero-order chi connectivity index (χ0) is 19.0. The van der Waals surface area contributed by atoms with E-state index in [0.29, 0.717) is 0 Å². The van der Waals surface area contributed by atoms with Gasteiger partial charge in [0.2, 0.25) is 23.6 Å². The monoisotopic (exact) mass is 368 g/mol. The predicted molar refractivity (Wildman–Crippen MR) is 98.2 cm³/mol. The molecule has 0 aliphatic carbocycles. The van der Waals surface area contributed by atoms with Crippen LogP contribution in [0.3, 0.4) is 0 Å². The molecule has 0 aromatic rings. The molecule has 26 heavy (non-hydrogen) atoms. The molecule has 0 spiro atoms. The summed E-state index contributed by atoms with van der Waals surface area (Å²) in [5.74, 6) is 0.836. The number of hydrogen-bond donors (Lipinski definition) is 4. The van der Waals surface area contributed by atoms with Crippen molar-refractivity contribution in [2.24, 2.45) is 0 Å². The highest BCUT2D eigenvalue weighted by Crippen LogP contribution is 1.99. The van der Waals surface area contributed by atoms with Crippen molar-refractivity contribution in [1.82, 2.24) is 21.3 Å². The molecule has 0 aromatic heterocycles. The quantitative estimate of drug-likeness (QED) is 0.494. The zero-order valence-electron chi connectivity index (χ0n) is 15.5. The van der Waals surface area contributed by atoms with Crippen molar-refractivity contribution in [2.75, 3.05) is 26.2 Å². The Morgan fingerprint density at radius 2 is 0.654 bits per heavy atom. The molecule has 0 atom stereocenters. The predicted octanol–water partition coefficient (Wildman–Crippen LogP) is 0.366. The first-order chi connectivity index (χ1) is 12.6. The molecule has 4 aliphatic rings. The van der Waals surface area contributed by atoms with Gasteiger partial charge in [-0.3, -0.25) is 19.2 Å². The summed E-state index contributed by atoms with van der Waals surface area (Å²) in [5.41, 5.74) is 0. The van der Waals surface area contributed by atoms with Gasteiger partial charge in [-0.1, -0.05) is 0 Å². The van der Waals surface area contributed by atoms with Crippen molar-refractivity contribution in [2.45, 2.75) is 64.2 Å². The summed E-state index contributed by atoms with van der Waals surface area (Å²) < 4.78 is 0. The molecule has 0 bridgehead atoms. The van der Waals surface area contributed by atoms with Crippen LogP contribution in [0.2, 0.25) is 0 Å². The molecule has 4 heterocycles. The molecule has 4 rings (SSSR count). The Bertz CT molecular complexity index is 394. The first-order valence-corrected chi connectivity index (χ1v) is 9.64. The van der Waals surface area contributed by atoms with E-state index in [0.717, 1.165) is 90.4 Å². The van der Waals surface area contributed by atoms with E-state index in [9.17, 15) is 19.2 Å². The fourth-order valence-corrected chi connectivity index (χ4v) is 2.58. The number of rotatable bonds is 0. The molecular formula is C18H32N4O4. The number of carbonyl (C=O) groups is 4. The standard InChI is InChI=1S/2C5H9NO.2C4H7NO/c2*7-5-3-1-2-4-6-5;2*6-4-2-1-3-5-4/h2*1-4H2,(H,6,7);2*1-3H2,(H,5,6). The third-order valence-corrected chi connectivity index (χ3v) is 4.11. The van der Waals surface area contributed by atoms with Crippen LogP contribution in [0.25, 0.3) is 0 Å². The first-order valence-electron chi connectivity index (χ1n) is 9.64. The Morgan fingerprint density at radius 1 is 0.385 bits per heavy atom. The lowest BCUT2D eigenvalue weighted by Crippen LogP contribution is -2.28. The second-order valence-corrected chi connectivity index (χ2v) is 6.52. The van der Waals surface area contributed by atoms with Crippen LogP contribution in [0.5, 0.6) is 0 Å². The maximum absolute atomic E-state index is 10.4. The molecule has 148 valence electrons. The van der Waals surface area contributed by atoms with Crippen molar-refractivity contribution in [3.63, 3.8) is 0 Å². The minimum absolute atomic E-state index is 0.204. The lowest BCUT2D eigenvalue weighted by molar-refractivity contribution is -0.123. The van der Waals surface area contributed by atoms with E-state index in [2.05, 4.69) is 21.3 Å². The molecule has 4 aliphatic heterocycles. The SMILES string of the molecule is O=C1CCCCN1.O=C1CCCCN1.O=C1CCCN1.O=C1CCCN1. The number of carbonyl (C=O) groups excluding carboxylic acids is 4. The topological polar surface area (TPSA) is 116 Å². The van der Waals surface area contributed by atoms with Crippen molar-refractivity contribution in [3.05, 3.63) is 0 Å². The van der Waals surface area contributed by atoms with Gasteiger partial charge >= 0.3 is 0 Å². The number of nitrogens with one attached hydrogen (secondary N) is 4. The molecule has 0 aromatic carbocycles. The number of amides is 4. The lowest BCUT2D eigenvalue weighted by atomic mass is 10.2. The average Bonchev–Trinajstić information content (AvgIpc) is 3.31. The molecule has 0 unspecified atom stereocenters. The summed E-state index contributed by atoms with van der Waals surface area (Å²) in [7, 11) is 0. The Kier molecular flexibility index (Phi) is 11.9. The van der Waals surface area contributed by atoms with Crippen LogP contribution in [0.1, 0.15) is 64.2 Å². The minimum Gasteiger partial charge on any atom is -0.356 e. The molecule has 4 amide bonds. The highest BCUT2D eigenvalue weighted by molar-refractivity contribution is 5.78. The van der Waals surface area contributed by atoms with E-state index in [4.69, 9.17) is 0 Å². The van der Waals surface area contributed by atoms with Gasteiger partial charge in [-0.05, 0) is 38.5 Å². The van der Waals surface area contributed by atoms with Crippen LogP contribution >= 0.6 is 0 Å². The van der Waals surface area contributed by atoms with Crippen molar-refractivity contribution < 1.29 is 19.2 Å². The average molecular weight is 368 g/mol. The molecule has 8 nitrogen and oxygen atoms in total. The fraction of sp³-hybridized carbons (Fsp3) is 0.778. The second kappa shape index (κ2) is 14.1. The van der Waals surface area contributed by atoms with Gasteiger partial charge in [-0.15, -0.1) is 0 Å². The fourth-order valence-electron chi connectivity index (χ4n) is 2.58. The zero-order valence-corrected chi connectivity index (χ0v) is 15.5. The Balaban J connectivity index is 0.000000174. The van der Waals surface area contributed by atoms with E-state index < -0.39 is 0 Å². The van der Waals surface area contributed by atoms with E-state index in [1.165, 1.54) is 0 Å². The summed E-state index contributed by atoms with van der Waals surface area (Å²) in [4.78, 5) is 41.0. The third-order valence-electron chi connectivity index (χ3n) is 4.11. The summed E-state index contributed by atoms with van der Waals surface area (Å²) in [6, 6.07) is 0. The van der Waals surface area contributed by atoms with Gasteiger partial charge in [0, 0.05) is 51.9 Å². The van der Waals surface area contributed by atoms with E-state index in [1.807, 2.05) is 0 Å². The van der Waals surface area contributed by atoms with Gasteiger partial charge < -0.3 is 21.3 Å². The molecule has 4 fully saturated rings. The Labute approximate surface area is 155 Å². The van der Waals surface area contributed by atoms with E-state index >= 15 is 0 Å². The molecule has 8 heteroatoms. The second-order valence-electron chi connectivity index (χ2n) is 6.52. The molecule has 0 saturated carbocycles. The highest BCUT2D eigenvalue weighted by atomic mass is 16.2. The van der Waals surface area contributed by atoms with Crippen LogP contribution in [-0.4, -0.2) is 49.8 Å². The van der Waals surface area contributed by atoms with Crippen LogP contribution in [0.15, 0.2) is 0 Å². The largest absolute Gasteiger partial charge is 0.356 e.